The number of hydrazine groups is 1. The lowest BCUT2D eigenvalue weighted by Crippen LogP contribution is -2.74. The number of halogens is 2. The molecule has 3 atom stereocenters. The van der Waals surface area contributed by atoms with Crippen LogP contribution in [-0.4, -0.2) is 90.7 Å². The van der Waals surface area contributed by atoms with Crippen molar-refractivity contribution in [2.75, 3.05) is 30.4 Å². The monoisotopic (exact) mass is 645 g/mol. The average molecular weight is 647 g/mol. The van der Waals surface area contributed by atoms with E-state index < -0.39 is 47.1 Å². The number of oxime groups is 1. The van der Waals surface area contributed by atoms with Crippen molar-refractivity contribution < 1.29 is 29.1 Å². The van der Waals surface area contributed by atoms with Crippen LogP contribution < -0.4 is 22.3 Å². The number of carboxylic acids is 1. The van der Waals surface area contributed by atoms with Gasteiger partial charge in [-0.15, -0.1) is 58.1 Å². The number of nitrogens with one attached hydrogen (secondary N) is 2. The van der Waals surface area contributed by atoms with Crippen LogP contribution in [-0.2, 0) is 24.0 Å². The maximum atomic E-state index is 13.0. The molecular formula is C17H21Cl2N9O6S4. The van der Waals surface area contributed by atoms with Crippen molar-refractivity contribution in [1.82, 2.24) is 30.8 Å². The van der Waals surface area contributed by atoms with Gasteiger partial charge in [0.25, 0.3) is 11.8 Å². The van der Waals surface area contributed by atoms with E-state index in [9.17, 15) is 24.3 Å². The topological polar surface area (TPSA) is 228 Å². The number of thiazole rings is 1. The molecule has 38 heavy (non-hydrogen) atoms. The highest BCUT2D eigenvalue weighted by Gasteiger charge is 2.57. The van der Waals surface area contributed by atoms with E-state index >= 15 is 0 Å². The van der Waals surface area contributed by atoms with E-state index in [0.29, 0.717) is 4.34 Å². The van der Waals surface area contributed by atoms with Crippen LogP contribution in [0, 0.1) is 5.41 Å². The smallest absolute Gasteiger partial charge is 0.313 e. The van der Waals surface area contributed by atoms with Gasteiger partial charge in [-0.1, -0.05) is 28.3 Å². The predicted molar refractivity (Wildman–Crippen MR) is 146 cm³/mol. The van der Waals surface area contributed by atoms with Gasteiger partial charge < -0.3 is 25.9 Å². The highest BCUT2D eigenvalue weighted by atomic mass is 35.5. The molecule has 21 heteroatoms. The normalized spacial score (nSPS) is 22.2. The molecule has 0 spiro atoms. The Hall–Kier alpha value is -2.42. The number of amides is 3. The summed E-state index contributed by atoms with van der Waals surface area (Å²) in [6.07, 6.45) is 0. The van der Waals surface area contributed by atoms with Crippen LogP contribution in [0.4, 0.5) is 5.13 Å². The second kappa shape index (κ2) is 13.6. The Morgan fingerprint density at radius 2 is 2.11 bits per heavy atom. The second-order valence-electron chi connectivity index (χ2n) is 7.55. The highest BCUT2D eigenvalue weighted by molar-refractivity contribution is 8.01. The standard InChI is InChI=1S/C17H19N9O6S4.2ClH/c18-15-21-7(2-33-15)9(25-32-1-8(27)23-19)11(28)22-10-12(29)26-3-17(14(30)31,4-34-13(10)26)5-35-16-24-20-6-36-16;;/h2,6,10,13H,1,3-5,19H2,(H2,18,21)(H,22,28)(H,23,27)(H,30,31);2*1H/t10?,13-,17?;;/m1../s1. The number of fused-ring (bicyclic) bond motifs is 1. The van der Waals surface area contributed by atoms with Crippen molar-refractivity contribution in [3.63, 3.8) is 0 Å². The summed E-state index contributed by atoms with van der Waals surface area (Å²) in [6.45, 7) is -0.550. The Morgan fingerprint density at radius 1 is 1.34 bits per heavy atom. The first-order valence-electron chi connectivity index (χ1n) is 10.00. The van der Waals surface area contributed by atoms with Crippen LogP contribution in [0.2, 0.25) is 0 Å². The van der Waals surface area contributed by atoms with Gasteiger partial charge in [0.1, 0.15) is 28.0 Å². The van der Waals surface area contributed by atoms with Gasteiger partial charge in [0, 0.05) is 23.4 Å². The summed E-state index contributed by atoms with van der Waals surface area (Å²) in [5, 5.41) is 25.1. The van der Waals surface area contributed by atoms with E-state index in [-0.39, 0.29) is 59.4 Å². The van der Waals surface area contributed by atoms with Gasteiger partial charge in [-0.3, -0.25) is 24.6 Å². The molecule has 2 aliphatic heterocycles. The fraction of sp³-hybridized carbons (Fsp3) is 0.412. The highest BCUT2D eigenvalue weighted by Crippen LogP contribution is 2.44. The van der Waals surface area contributed by atoms with Gasteiger partial charge in [-0.2, -0.15) is 0 Å². The summed E-state index contributed by atoms with van der Waals surface area (Å²) in [7, 11) is 0. The number of aliphatic carboxylic acids is 1. The molecule has 0 bridgehead atoms. The van der Waals surface area contributed by atoms with Gasteiger partial charge in [0.2, 0.25) is 5.91 Å². The number of nitrogen functional groups attached to an aromatic ring is 1. The van der Waals surface area contributed by atoms with Gasteiger partial charge in [-0.05, 0) is 0 Å². The second-order valence-corrected chi connectivity index (χ2v) is 11.6. The SMILES string of the molecule is Cl.Cl.NNC(=O)CON=C(C(=O)NC1C(=O)N2CC(CSc3nncs3)(C(=O)O)CS[C@H]12)c1csc(N)n1. The maximum Gasteiger partial charge on any atom is 0.313 e. The van der Waals surface area contributed by atoms with Gasteiger partial charge in [-0.25, -0.2) is 10.8 Å². The zero-order valence-corrected chi connectivity index (χ0v) is 23.9. The van der Waals surface area contributed by atoms with Gasteiger partial charge in [0.05, 0.1) is 0 Å². The lowest BCUT2D eigenvalue weighted by atomic mass is 9.89. The van der Waals surface area contributed by atoms with Crippen molar-refractivity contribution in [1.29, 1.82) is 0 Å². The molecule has 2 aromatic rings. The number of aromatic nitrogens is 3. The number of carboxylic acid groups (broad SMARTS) is 1. The van der Waals surface area contributed by atoms with Crippen LogP contribution in [0.25, 0.3) is 0 Å². The number of nitrogens with zero attached hydrogens (tertiary/aromatic N) is 5. The van der Waals surface area contributed by atoms with E-state index in [2.05, 4.69) is 25.7 Å². The summed E-state index contributed by atoms with van der Waals surface area (Å²) >= 11 is 4.92. The van der Waals surface area contributed by atoms with E-state index in [1.807, 2.05) is 5.43 Å². The zero-order chi connectivity index (χ0) is 25.9. The molecule has 2 aliphatic rings. The van der Waals surface area contributed by atoms with Crippen molar-refractivity contribution in [3.05, 3.63) is 16.6 Å². The van der Waals surface area contributed by atoms with Crippen LogP contribution in [0.15, 0.2) is 20.4 Å². The Bertz CT molecular complexity index is 1200. The third kappa shape index (κ3) is 6.77. The number of carbonyl (C=O) groups excluding carboxylic acids is 3. The molecule has 0 aliphatic carbocycles. The first-order chi connectivity index (χ1) is 17.2. The van der Waals surface area contributed by atoms with Crippen molar-refractivity contribution in [2.45, 2.75) is 15.8 Å². The summed E-state index contributed by atoms with van der Waals surface area (Å²) in [4.78, 5) is 59.6. The largest absolute Gasteiger partial charge is 0.481 e. The molecule has 0 aromatic carbocycles. The minimum Gasteiger partial charge on any atom is -0.481 e. The fourth-order valence-corrected chi connectivity index (χ4v) is 7.24. The number of anilines is 1. The molecular weight excluding hydrogens is 625 g/mol. The van der Waals surface area contributed by atoms with E-state index in [1.165, 1.54) is 45.1 Å². The van der Waals surface area contributed by atoms with Crippen molar-refractivity contribution >= 4 is 106 Å². The maximum absolute atomic E-state index is 13.0. The Kier molecular flexibility index (Phi) is 11.4. The van der Waals surface area contributed by atoms with Crippen molar-refractivity contribution in [2.24, 2.45) is 16.4 Å². The van der Waals surface area contributed by atoms with Crippen LogP contribution in [0.3, 0.4) is 0 Å². The lowest BCUT2D eigenvalue weighted by Gasteiger charge is -2.53. The molecule has 0 saturated carbocycles. The predicted octanol–water partition coefficient (Wildman–Crippen LogP) is -0.606. The minimum atomic E-state index is -1.18. The minimum absolute atomic E-state index is 0. The van der Waals surface area contributed by atoms with E-state index in [1.54, 1.807) is 5.51 Å². The third-order valence-electron chi connectivity index (χ3n) is 5.19. The molecule has 2 unspecified atom stereocenters. The number of rotatable bonds is 10. The van der Waals surface area contributed by atoms with E-state index in [4.69, 9.17) is 16.4 Å². The van der Waals surface area contributed by atoms with Crippen molar-refractivity contribution in [3.8, 4) is 0 Å². The number of carbonyl (C=O) groups is 4. The quantitative estimate of drug-likeness (QED) is 0.0543. The summed E-state index contributed by atoms with van der Waals surface area (Å²) in [5.41, 5.74) is 7.71. The third-order valence-corrected chi connectivity index (χ3v) is 9.60. The number of thioether (sulfide) groups is 2. The molecule has 4 rings (SSSR count). The van der Waals surface area contributed by atoms with Crippen LogP contribution >= 0.6 is 71.0 Å². The lowest BCUT2D eigenvalue weighted by molar-refractivity contribution is -0.157. The molecule has 2 aromatic heterocycles. The summed E-state index contributed by atoms with van der Waals surface area (Å²) < 4.78 is 0.642. The van der Waals surface area contributed by atoms with Gasteiger partial charge >= 0.3 is 5.97 Å². The molecule has 0 radical (unpaired) electrons. The Balaban J connectivity index is 0.00000253. The van der Waals surface area contributed by atoms with Crippen LogP contribution in [0.5, 0.6) is 0 Å². The molecule has 3 amide bonds. The van der Waals surface area contributed by atoms with Crippen LogP contribution in [0.1, 0.15) is 5.69 Å². The molecule has 208 valence electrons. The number of hydrogen-bond acceptors (Lipinski definition) is 15. The Labute approximate surface area is 243 Å². The Morgan fingerprint density at radius 3 is 2.71 bits per heavy atom. The molecule has 4 heterocycles. The molecule has 7 N–H and O–H groups in total. The number of hydrogen-bond donors (Lipinski definition) is 5. The molecule has 2 saturated heterocycles. The fourth-order valence-electron chi connectivity index (χ4n) is 3.34. The molecule has 2 fully saturated rings. The number of nitrogens with two attached hydrogens (primary N) is 2. The summed E-state index contributed by atoms with van der Waals surface area (Å²) in [5.74, 6) is 2.56. The van der Waals surface area contributed by atoms with Gasteiger partial charge in [0.15, 0.2) is 21.8 Å². The first kappa shape index (κ1) is 31.8. The first-order valence-corrected chi connectivity index (χ1v) is 13.8. The average Bonchev–Trinajstić information content (AvgIpc) is 3.55. The summed E-state index contributed by atoms with van der Waals surface area (Å²) in [6, 6.07) is -0.904. The van der Waals surface area contributed by atoms with E-state index in [0.717, 1.165) is 11.3 Å². The molecule has 15 nitrogen and oxygen atoms in total. The zero-order valence-electron chi connectivity index (χ0n) is 19.0. The number of β-lactam (4-membered cyclic amide) rings is 1.